The van der Waals surface area contributed by atoms with Gasteiger partial charge in [-0.15, -0.1) is 0 Å². The Kier molecular flexibility index (Phi) is 4.77. The molecule has 0 fully saturated rings. The normalized spacial score (nSPS) is 12.2. The lowest BCUT2D eigenvalue weighted by Gasteiger charge is -2.15. The zero-order valence-electron chi connectivity index (χ0n) is 9.59. The van der Waals surface area contributed by atoms with E-state index in [0.717, 1.165) is 12.0 Å². The first kappa shape index (κ1) is 13.0. The van der Waals surface area contributed by atoms with Crippen molar-refractivity contribution >= 4 is 23.2 Å². The number of nitrogens with one attached hydrogen (secondary N) is 1. The Bertz CT molecular complexity index is 355. The summed E-state index contributed by atoms with van der Waals surface area (Å²) < 4.78 is 0. The molecule has 88 valence electrons. The molecule has 0 saturated heterocycles. The molecule has 0 spiro atoms. The Morgan fingerprint density at radius 1 is 1.56 bits per heavy atom. The molecular weight excluding hydrogens is 224 g/mol. The summed E-state index contributed by atoms with van der Waals surface area (Å²) in [5, 5.41) is 3.39. The van der Waals surface area contributed by atoms with Crippen molar-refractivity contribution in [1.29, 1.82) is 0 Å². The third kappa shape index (κ3) is 2.97. The number of anilines is 1. The summed E-state index contributed by atoms with van der Waals surface area (Å²) in [5.41, 5.74) is 7.15. The van der Waals surface area contributed by atoms with Gasteiger partial charge in [-0.2, -0.15) is 0 Å². The van der Waals surface area contributed by atoms with Crippen LogP contribution in [-0.2, 0) is 4.79 Å². The van der Waals surface area contributed by atoms with E-state index in [2.05, 4.69) is 5.32 Å². The number of halogens is 1. The van der Waals surface area contributed by atoms with Crippen LogP contribution in [0.5, 0.6) is 0 Å². The van der Waals surface area contributed by atoms with Crippen LogP contribution in [0.2, 0.25) is 5.02 Å². The van der Waals surface area contributed by atoms with Gasteiger partial charge in [-0.05, 0) is 25.0 Å². The number of benzene rings is 1. The molecule has 0 heterocycles. The Morgan fingerprint density at radius 2 is 2.25 bits per heavy atom. The van der Waals surface area contributed by atoms with E-state index in [-0.39, 0.29) is 11.8 Å². The van der Waals surface area contributed by atoms with Crippen LogP contribution in [0.4, 0.5) is 5.69 Å². The molecule has 0 aliphatic heterocycles. The van der Waals surface area contributed by atoms with Gasteiger partial charge in [-0.3, -0.25) is 4.79 Å². The van der Waals surface area contributed by atoms with Gasteiger partial charge >= 0.3 is 0 Å². The van der Waals surface area contributed by atoms with Gasteiger partial charge in [-0.25, -0.2) is 0 Å². The van der Waals surface area contributed by atoms with Crippen LogP contribution in [0.15, 0.2) is 18.2 Å². The topological polar surface area (TPSA) is 55.1 Å². The van der Waals surface area contributed by atoms with E-state index in [4.69, 9.17) is 17.3 Å². The third-order valence-electron chi connectivity index (χ3n) is 2.62. The zero-order valence-corrected chi connectivity index (χ0v) is 10.3. The first-order valence-corrected chi connectivity index (χ1v) is 5.74. The van der Waals surface area contributed by atoms with Gasteiger partial charge in [0.2, 0.25) is 5.91 Å². The Morgan fingerprint density at radius 3 is 2.75 bits per heavy atom. The molecule has 3 nitrogen and oxygen atoms in total. The maximum atomic E-state index is 11.8. The maximum Gasteiger partial charge on any atom is 0.228 e. The minimum absolute atomic E-state index is 0.0683. The number of aryl methyl sites for hydroxylation is 1. The summed E-state index contributed by atoms with van der Waals surface area (Å²) in [7, 11) is 0. The second-order valence-electron chi connectivity index (χ2n) is 3.76. The molecule has 1 aromatic carbocycles. The molecule has 0 bridgehead atoms. The number of hydrogen-bond acceptors (Lipinski definition) is 2. The minimum Gasteiger partial charge on any atom is -0.330 e. The monoisotopic (exact) mass is 240 g/mol. The lowest BCUT2D eigenvalue weighted by molar-refractivity contribution is -0.119. The van der Waals surface area contributed by atoms with Gasteiger partial charge in [0.25, 0.3) is 0 Å². The predicted octanol–water partition coefficient (Wildman–Crippen LogP) is 2.57. The molecule has 0 aromatic heterocycles. The molecule has 0 aliphatic rings. The quantitative estimate of drug-likeness (QED) is 0.850. The van der Waals surface area contributed by atoms with E-state index in [1.807, 2.05) is 26.0 Å². The molecule has 0 aliphatic carbocycles. The Labute approximate surface area is 101 Å². The lowest BCUT2D eigenvalue weighted by Crippen LogP contribution is -2.29. The van der Waals surface area contributed by atoms with Crippen LogP contribution in [0.3, 0.4) is 0 Å². The number of carbonyl (C=O) groups is 1. The van der Waals surface area contributed by atoms with Gasteiger partial charge in [0.1, 0.15) is 0 Å². The van der Waals surface area contributed by atoms with Gasteiger partial charge in [0.05, 0.1) is 16.6 Å². The summed E-state index contributed by atoms with van der Waals surface area (Å²) in [6.45, 7) is 4.20. The third-order valence-corrected chi connectivity index (χ3v) is 2.93. The second kappa shape index (κ2) is 5.87. The highest BCUT2D eigenvalue weighted by molar-refractivity contribution is 6.33. The van der Waals surface area contributed by atoms with Crippen molar-refractivity contribution in [2.75, 3.05) is 11.9 Å². The molecule has 1 atom stereocenters. The summed E-state index contributed by atoms with van der Waals surface area (Å²) in [6.07, 6.45) is 0.728. The summed E-state index contributed by atoms with van der Waals surface area (Å²) in [4.78, 5) is 11.8. The van der Waals surface area contributed by atoms with E-state index in [9.17, 15) is 4.79 Å². The van der Waals surface area contributed by atoms with Crippen LogP contribution in [0.25, 0.3) is 0 Å². The molecular formula is C12H17ClN2O. The van der Waals surface area contributed by atoms with Gasteiger partial charge in [0, 0.05) is 6.54 Å². The lowest BCUT2D eigenvalue weighted by atomic mass is 10.1. The van der Waals surface area contributed by atoms with Crippen molar-refractivity contribution in [1.82, 2.24) is 0 Å². The molecule has 16 heavy (non-hydrogen) atoms. The summed E-state index contributed by atoms with van der Waals surface area (Å²) in [5.74, 6) is -0.225. The highest BCUT2D eigenvalue weighted by atomic mass is 35.5. The summed E-state index contributed by atoms with van der Waals surface area (Å²) >= 11 is 6.02. The minimum atomic E-state index is -0.157. The molecule has 1 amide bonds. The van der Waals surface area contributed by atoms with Crippen molar-refractivity contribution < 1.29 is 4.79 Å². The van der Waals surface area contributed by atoms with Crippen LogP contribution >= 0.6 is 11.6 Å². The number of hydrogen-bond donors (Lipinski definition) is 2. The van der Waals surface area contributed by atoms with Crippen molar-refractivity contribution in [2.24, 2.45) is 11.7 Å². The van der Waals surface area contributed by atoms with E-state index >= 15 is 0 Å². The number of amides is 1. The summed E-state index contributed by atoms with van der Waals surface area (Å²) in [6, 6.07) is 5.52. The first-order chi connectivity index (χ1) is 7.60. The van der Waals surface area contributed by atoms with Gasteiger partial charge < -0.3 is 11.1 Å². The number of nitrogens with two attached hydrogens (primary N) is 1. The van der Waals surface area contributed by atoms with E-state index in [1.54, 1.807) is 6.07 Å². The Balaban J connectivity index is 2.84. The van der Waals surface area contributed by atoms with Crippen molar-refractivity contribution in [3.63, 3.8) is 0 Å². The number of rotatable bonds is 4. The standard InChI is InChI=1S/C12H17ClN2O/c1-3-9(7-14)12(16)15-11-8(2)5-4-6-10(11)13/h4-6,9H,3,7,14H2,1-2H3,(H,15,16). The van der Waals surface area contributed by atoms with Crippen LogP contribution in [0.1, 0.15) is 18.9 Å². The fraction of sp³-hybridized carbons (Fsp3) is 0.417. The fourth-order valence-corrected chi connectivity index (χ4v) is 1.74. The highest BCUT2D eigenvalue weighted by Crippen LogP contribution is 2.25. The zero-order chi connectivity index (χ0) is 12.1. The smallest absolute Gasteiger partial charge is 0.228 e. The number of para-hydroxylation sites is 1. The molecule has 3 N–H and O–H groups in total. The predicted molar refractivity (Wildman–Crippen MR) is 67.7 cm³/mol. The van der Waals surface area contributed by atoms with Crippen molar-refractivity contribution in [3.8, 4) is 0 Å². The average Bonchev–Trinajstić information content (AvgIpc) is 2.25. The second-order valence-corrected chi connectivity index (χ2v) is 4.17. The fourth-order valence-electron chi connectivity index (χ4n) is 1.47. The molecule has 0 radical (unpaired) electrons. The van der Waals surface area contributed by atoms with Crippen LogP contribution in [0, 0.1) is 12.8 Å². The van der Waals surface area contributed by atoms with Crippen molar-refractivity contribution in [3.05, 3.63) is 28.8 Å². The molecule has 1 rings (SSSR count). The highest BCUT2D eigenvalue weighted by Gasteiger charge is 2.16. The largest absolute Gasteiger partial charge is 0.330 e. The average molecular weight is 241 g/mol. The molecule has 1 unspecified atom stereocenters. The molecule has 4 heteroatoms. The van der Waals surface area contributed by atoms with Gasteiger partial charge in [0.15, 0.2) is 0 Å². The van der Waals surface area contributed by atoms with Crippen molar-refractivity contribution in [2.45, 2.75) is 20.3 Å². The molecule has 1 aromatic rings. The number of carbonyl (C=O) groups excluding carboxylic acids is 1. The van der Waals surface area contributed by atoms with Crippen LogP contribution < -0.4 is 11.1 Å². The SMILES string of the molecule is CCC(CN)C(=O)Nc1c(C)cccc1Cl. The van der Waals surface area contributed by atoms with E-state index in [1.165, 1.54) is 0 Å². The van der Waals surface area contributed by atoms with Gasteiger partial charge in [-0.1, -0.05) is 30.7 Å². The maximum absolute atomic E-state index is 11.8. The molecule has 0 saturated carbocycles. The van der Waals surface area contributed by atoms with E-state index < -0.39 is 0 Å². The Hall–Kier alpha value is -1.06. The van der Waals surface area contributed by atoms with E-state index in [0.29, 0.717) is 17.3 Å². The first-order valence-electron chi connectivity index (χ1n) is 5.36. The van der Waals surface area contributed by atoms with Crippen LogP contribution in [-0.4, -0.2) is 12.5 Å².